The molecule has 0 aromatic carbocycles. The van der Waals surface area contributed by atoms with Gasteiger partial charge in [0.2, 0.25) is 0 Å². The maximum Gasteiger partial charge on any atom is 0.191 e. The summed E-state index contributed by atoms with van der Waals surface area (Å²) in [7, 11) is 0. The second-order valence-electron chi connectivity index (χ2n) is 7.47. The van der Waals surface area contributed by atoms with E-state index < -0.39 is 0 Å². The molecule has 1 saturated carbocycles. The number of anilines is 1. The molecule has 138 valence electrons. The number of nitrogens with one attached hydrogen (secondary N) is 2. The lowest BCUT2D eigenvalue weighted by Gasteiger charge is -2.41. The first-order valence-electron chi connectivity index (χ1n) is 9.97. The number of hydrogen-bond donors (Lipinski definition) is 2. The molecule has 1 aromatic heterocycles. The van der Waals surface area contributed by atoms with Crippen LogP contribution in [-0.2, 0) is 6.54 Å². The summed E-state index contributed by atoms with van der Waals surface area (Å²) in [5.41, 5.74) is 1.66. The zero-order chi connectivity index (χ0) is 17.5. The summed E-state index contributed by atoms with van der Waals surface area (Å²) in [5, 5.41) is 6.92. The number of rotatable bonds is 7. The molecular formula is C20H33N5. The fraction of sp³-hybridized carbons (Fsp3) is 0.700. The number of aliphatic imine (C=N–C) groups is 1. The predicted molar refractivity (Wildman–Crippen MR) is 105 cm³/mol. The van der Waals surface area contributed by atoms with Crippen molar-refractivity contribution < 1.29 is 0 Å². The molecule has 2 aliphatic rings. The maximum absolute atomic E-state index is 4.75. The van der Waals surface area contributed by atoms with Crippen LogP contribution >= 0.6 is 0 Å². The Morgan fingerprint density at radius 2 is 1.96 bits per heavy atom. The highest BCUT2D eigenvalue weighted by Gasteiger charge is 2.34. The van der Waals surface area contributed by atoms with Crippen LogP contribution in [0.25, 0.3) is 0 Å². The molecule has 0 bridgehead atoms. The summed E-state index contributed by atoms with van der Waals surface area (Å²) < 4.78 is 0. The van der Waals surface area contributed by atoms with Crippen molar-refractivity contribution >= 4 is 11.8 Å². The molecule has 0 atom stereocenters. The van der Waals surface area contributed by atoms with E-state index >= 15 is 0 Å². The summed E-state index contributed by atoms with van der Waals surface area (Å²) >= 11 is 0. The van der Waals surface area contributed by atoms with Crippen LogP contribution in [0.3, 0.4) is 0 Å². The fourth-order valence-electron chi connectivity index (χ4n) is 3.76. The minimum Gasteiger partial charge on any atom is -0.357 e. The number of pyridine rings is 1. The minimum absolute atomic E-state index is 0.495. The Balaban J connectivity index is 1.55. The zero-order valence-corrected chi connectivity index (χ0v) is 15.9. The average Bonchev–Trinajstić information content (AvgIpc) is 3.14. The number of hydrogen-bond acceptors (Lipinski definition) is 3. The van der Waals surface area contributed by atoms with E-state index in [-0.39, 0.29) is 0 Å². The normalized spacial score (nSPS) is 19.6. The van der Waals surface area contributed by atoms with Crippen molar-refractivity contribution in [2.45, 2.75) is 58.9 Å². The third kappa shape index (κ3) is 4.65. The molecular weight excluding hydrogens is 310 g/mol. The summed E-state index contributed by atoms with van der Waals surface area (Å²) in [4.78, 5) is 11.7. The van der Waals surface area contributed by atoms with E-state index in [4.69, 9.17) is 4.99 Å². The zero-order valence-electron chi connectivity index (χ0n) is 15.9. The molecule has 1 aromatic rings. The summed E-state index contributed by atoms with van der Waals surface area (Å²) in [6.45, 7) is 9.28. The lowest BCUT2D eigenvalue weighted by molar-refractivity contribution is 0.131. The van der Waals surface area contributed by atoms with Crippen LogP contribution in [0.5, 0.6) is 0 Å². The van der Waals surface area contributed by atoms with Gasteiger partial charge in [-0.15, -0.1) is 0 Å². The molecule has 1 saturated heterocycles. The Hall–Kier alpha value is -1.78. The SMILES string of the molecule is CCNC(=NCc1ccc(N2CCCC2)nc1)NCC1(CC)CCC1. The van der Waals surface area contributed by atoms with Crippen LogP contribution in [0.1, 0.15) is 57.9 Å². The van der Waals surface area contributed by atoms with Crippen molar-refractivity contribution in [3.05, 3.63) is 23.9 Å². The Bertz CT molecular complexity index is 550. The molecule has 0 radical (unpaired) electrons. The summed E-state index contributed by atoms with van der Waals surface area (Å²) in [6, 6.07) is 4.30. The second kappa shape index (κ2) is 8.54. The Kier molecular flexibility index (Phi) is 6.16. The molecule has 2 heterocycles. The monoisotopic (exact) mass is 343 g/mol. The van der Waals surface area contributed by atoms with E-state index in [1.165, 1.54) is 38.5 Å². The molecule has 1 aliphatic heterocycles. The summed E-state index contributed by atoms with van der Waals surface area (Å²) in [5.74, 6) is 2.02. The molecule has 0 amide bonds. The van der Waals surface area contributed by atoms with Gasteiger partial charge in [0.25, 0.3) is 0 Å². The molecule has 3 rings (SSSR count). The van der Waals surface area contributed by atoms with Crippen molar-refractivity contribution in [2.75, 3.05) is 31.1 Å². The van der Waals surface area contributed by atoms with Gasteiger partial charge in [-0.25, -0.2) is 9.98 Å². The first-order chi connectivity index (χ1) is 12.2. The lowest BCUT2D eigenvalue weighted by atomic mass is 9.67. The van der Waals surface area contributed by atoms with Crippen molar-refractivity contribution in [3.63, 3.8) is 0 Å². The highest BCUT2D eigenvalue weighted by atomic mass is 15.2. The van der Waals surface area contributed by atoms with E-state index in [0.717, 1.165) is 43.5 Å². The highest BCUT2D eigenvalue weighted by molar-refractivity contribution is 5.79. The lowest BCUT2D eigenvalue weighted by Crippen LogP contribution is -2.46. The molecule has 0 spiro atoms. The molecule has 1 aliphatic carbocycles. The molecule has 2 N–H and O–H groups in total. The smallest absolute Gasteiger partial charge is 0.191 e. The number of nitrogens with zero attached hydrogens (tertiary/aromatic N) is 3. The standard InChI is InChI=1S/C20H33N5/c1-3-20(10-7-11-20)16-24-19(21-4-2)23-15-17-8-9-18(22-14-17)25-12-5-6-13-25/h8-9,14H,3-7,10-13,15-16H2,1-2H3,(H2,21,23,24). The second-order valence-corrected chi connectivity index (χ2v) is 7.47. The van der Waals surface area contributed by atoms with Crippen LogP contribution in [0, 0.1) is 5.41 Å². The fourth-order valence-corrected chi connectivity index (χ4v) is 3.76. The molecule has 2 fully saturated rings. The largest absolute Gasteiger partial charge is 0.357 e. The first-order valence-corrected chi connectivity index (χ1v) is 9.97. The van der Waals surface area contributed by atoms with Gasteiger partial charge in [0.15, 0.2) is 5.96 Å². The van der Waals surface area contributed by atoms with E-state index in [9.17, 15) is 0 Å². The molecule has 5 nitrogen and oxygen atoms in total. The highest BCUT2D eigenvalue weighted by Crippen LogP contribution is 2.42. The van der Waals surface area contributed by atoms with Crippen LogP contribution in [0.4, 0.5) is 5.82 Å². The maximum atomic E-state index is 4.75. The number of guanidine groups is 1. The van der Waals surface area contributed by atoms with Gasteiger partial charge in [0.1, 0.15) is 5.82 Å². The summed E-state index contributed by atoms with van der Waals surface area (Å²) in [6.07, 6.45) is 9.85. The third-order valence-corrected chi connectivity index (χ3v) is 5.80. The quantitative estimate of drug-likeness (QED) is 0.589. The van der Waals surface area contributed by atoms with Crippen molar-refractivity contribution in [3.8, 4) is 0 Å². The van der Waals surface area contributed by atoms with Gasteiger partial charge in [0, 0.05) is 32.4 Å². The Morgan fingerprint density at radius 1 is 1.16 bits per heavy atom. The van der Waals surface area contributed by atoms with E-state index in [1.54, 1.807) is 0 Å². The van der Waals surface area contributed by atoms with E-state index in [1.807, 2.05) is 6.20 Å². The topological polar surface area (TPSA) is 52.6 Å². The van der Waals surface area contributed by atoms with Crippen molar-refractivity contribution in [2.24, 2.45) is 10.4 Å². The van der Waals surface area contributed by atoms with Crippen LogP contribution < -0.4 is 15.5 Å². The number of aromatic nitrogens is 1. The van der Waals surface area contributed by atoms with Gasteiger partial charge >= 0.3 is 0 Å². The van der Waals surface area contributed by atoms with E-state index in [0.29, 0.717) is 12.0 Å². The predicted octanol–water partition coefficient (Wildman–Crippen LogP) is 3.32. The molecule has 0 unspecified atom stereocenters. The van der Waals surface area contributed by atoms with E-state index in [2.05, 4.69) is 46.5 Å². The Labute approximate surface area is 152 Å². The van der Waals surface area contributed by atoms with Crippen LogP contribution in [0.15, 0.2) is 23.3 Å². The van der Waals surface area contributed by atoms with Crippen molar-refractivity contribution in [1.29, 1.82) is 0 Å². The van der Waals surface area contributed by atoms with Gasteiger partial charge in [-0.3, -0.25) is 0 Å². The van der Waals surface area contributed by atoms with Gasteiger partial charge in [-0.1, -0.05) is 19.4 Å². The van der Waals surface area contributed by atoms with Crippen LogP contribution in [0.2, 0.25) is 0 Å². The van der Waals surface area contributed by atoms with Gasteiger partial charge < -0.3 is 15.5 Å². The van der Waals surface area contributed by atoms with Gasteiger partial charge in [-0.05, 0) is 56.1 Å². The Morgan fingerprint density at radius 3 is 2.52 bits per heavy atom. The third-order valence-electron chi connectivity index (χ3n) is 5.80. The van der Waals surface area contributed by atoms with Crippen molar-refractivity contribution in [1.82, 2.24) is 15.6 Å². The molecule has 5 heteroatoms. The molecule has 25 heavy (non-hydrogen) atoms. The minimum atomic E-state index is 0.495. The van der Waals surface area contributed by atoms with Crippen LogP contribution in [-0.4, -0.2) is 37.1 Å². The first kappa shape index (κ1) is 18.0. The van der Waals surface area contributed by atoms with Gasteiger partial charge in [0.05, 0.1) is 6.54 Å². The van der Waals surface area contributed by atoms with Gasteiger partial charge in [-0.2, -0.15) is 0 Å². The average molecular weight is 344 g/mol.